The fourth-order valence-electron chi connectivity index (χ4n) is 3.25. The van der Waals surface area contributed by atoms with Crippen LogP contribution in [0.5, 0.6) is 0 Å². The van der Waals surface area contributed by atoms with Crippen molar-refractivity contribution in [2.24, 2.45) is 0 Å². The summed E-state index contributed by atoms with van der Waals surface area (Å²) >= 11 is 0. The number of benzene rings is 2. The van der Waals surface area contributed by atoms with E-state index in [-0.39, 0.29) is 5.91 Å². The van der Waals surface area contributed by atoms with E-state index in [1.54, 1.807) is 12.4 Å². The lowest BCUT2D eigenvalue weighted by atomic mass is 9.99. The Hall–Kier alpha value is -2.75. The Bertz CT molecular complexity index is 847. The molecule has 1 aliphatic heterocycles. The van der Waals surface area contributed by atoms with Gasteiger partial charge in [-0.2, -0.15) is 10.2 Å². The molecule has 2 aromatic carbocycles. The Morgan fingerprint density at radius 2 is 1.78 bits per heavy atom. The van der Waals surface area contributed by atoms with Gasteiger partial charge in [0, 0.05) is 35.3 Å². The zero-order valence-corrected chi connectivity index (χ0v) is 12.7. The number of nitrogens with zero attached hydrogens (tertiary/aromatic N) is 3. The van der Waals surface area contributed by atoms with Crippen LogP contribution in [-0.4, -0.2) is 34.1 Å². The second-order valence-electron chi connectivity index (χ2n) is 5.98. The van der Waals surface area contributed by atoms with Gasteiger partial charge >= 0.3 is 0 Å². The standard InChI is InChI=1S/C19H17N3O/c23-19(15-6-7-16-11-20-21-12-18(16)10-15)22-9-8-17(13-22)14-4-2-1-3-5-14/h1-7,10-12,17H,8-9,13H2/t17-/m0/s1. The Morgan fingerprint density at radius 1 is 1.00 bits per heavy atom. The molecule has 1 aromatic heterocycles. The van der Waals surface area contributed by atoms with Gasteiger partial charge < -0.3 is 4.90 Å². The molecule has 0 saturated carbocycles. The molecule has 0 aliphatic carbocycles. The highest BCUT2D eigenvalue weighted by Crippen LogP contribution is 2.28. The van der Waals surface area contributed by atoms with Crippen molar-refractivity contribution in [3.8, 4) is 0 Å². The largest absolute Gasteiger partial charge is 0.338 e. The van der Waals surface area contributed by atoms with E-state index in [0.717, 1.165) is 35.8 Å². The maximum absolute atomic E-state index is 12.8. The molecule has 114 valence electrons. The van der Waals surface area contributed by atoms with Crippen molar-refractivity contribution in [3.05, 3.63) is 72.1 Å². The first-order valence-electron chi connectivity index (χ1n) is 7.86. The summed E-state index contributed by atoms with van der Waals surface area (Å²) in [5.41, 5.74) is 2.04. The van der Waals surface area contributed by atoms with Gasteiger partial charge in [-0.1, -0.05) is 36.4 Å². The van der Waals surface area contributed by atoms with Crippen LogP contribution in [0.4, 0.5) is 0 Å². The highest BCUT2D eigenvalue weighted by molar-refractivity contribution is 5.98. The lowest BCUT2D eigenvalue weighted by Gasteiger charge is -2.17. The molecule has 0 N–H and O–H groups in total. The van der Waals surface area contributed by atoms with Gasteiger partial charge in [0.05, 0.1) is 12.4 Å². The van der Waals surface area contributed by atoms with Gasteiger partial charge in [0.15, 0.2) is 0 Å². The highest BCUT2D eigenvalue weighted by Gasteiger charge is 2.27. The summed E-state index contributed by atoms with van der Waals surface area (Å²) in [5, 5.41) is 9.70. The lowest BCUT2D eigenvalue weighted by molar-refractivity contribution is 0.0791. The average Bonchev–Trinajstić information content (AvgIpc) is 3.11. The third-order valence-corrected chi connectivity index (χ3v) is 4.54. The molecule has 4 nitrogen and oxygen atoms in total. The van der Waals surface area contributed by atoms with Crippen molar-refractivity contribution in [1.29, 1.82) is 0 Å². The van der Waals surface area contributed by atoms with Gasteiger partial charge in [0.25, 0.3) is 5.91 Å². The third-order valence-electron chi connectivity index (χ3n) is 4.54. The van der Waals surface area contributed by atoms with Crippen molar-refractivity contribution in [2.45, 2.75) is 12.3 Å². The number of aromatic nitrogens is 2. The molecule has 1 aliphatic rings. The molecule has 0 bridgehead atoms. The van der Waals surface area contributed by atoms with Crippen molar-refractivity contribution >= 4 is 16.7 Å². The molecule has 2 heterocycles. The summed E-state index contributed by atoms with van der Waals surface area (Å²) in [6, 6.07) is 16.2. The summed E-state index contributed by atoms with van der Waals surface area (Å²) in [7, 11) is 0. The van der Waals surface area contributed by atoms with Crippen LogP contribution in [0.2, 0.25) is 0 Å². The Labute approximate surface area is 134 Å². The SMILES string of the molecule is O=C(c1ccc2cnncc2c1)N1CC[C@H](c2ccccc2)C1. The number of fused-ring (bicyclic) bond motifs is 1. The highest BCUT2D eigenvalue weighted by atomic mass is 16.2. The van der Waals surface area contributed by atoms with Crippen LogP contribution in [0.25, 0.3) is 10.8 Å². The average molecular weight is 303 g/mol. The monoisotopic (exact) mass is 303 g/mol. The Morgan fingerprint density at radius 3 is 2.61 bits per heavy atom. The van der Waals surface area contributed by atoms with Gasteiger partial charge in [0.1, 0.15) is 0 Å². The molecular formula is C19H17N3O. The first-order chi connectivity index (χ1) is 11.3. The van der Waals surface area contributed by atoms with Crippen molar-refractivity contribution in [2.75, 3.05) is 13.1 Å². The van der Waals surface area contributed by atoms with Crippen LogP contribution in [0.1, 0.15) is 28.3 Å². The summed E-state index contributed by atoms with van der Waals surface area (Å²) in [6.07, 6.45) is 4.43. The van der Waals surface area contributed by atoms with E-state index < -0.39 is 0 Å². The minimum Gasteiger partial charge on any atom is -0.338 e. The molecule has 3 aromatic rings. The molecule has 1 fully saturated rings. The van der Waals surface area contributed by atoms with Crippen molar-refractivity contribution in [3.63, 3.8) is 0 Å². The first kappa shape index (κ1) is 13.9. The van der Waals surface area contributed by atoms with Crippen LogP contribution in [-0.2, 0) is 0 Å². The van der Waals surface area contributed by atoms with Crippen LogP contribution < -0.4 is 0 Å². The zero-order valence-electron chi connectivity index (χ0n) is 12.7. The van der Waals surface area contributed by atoms with Crippen LogP contribution in [0.3, 0.4) is 0 Å². The third kappa shape index (κ3) is 2.68. The van der Waals surface area contributed by atoms with Crippen molar-refractivity contribution < 1.29 is 4.79 Å². The predicted molar refractivity (Wildman–Crippen MR) is 89.2 cm³/mol. The smallest absolute Gasteiger partial charge is 0.253 e. The normalized spacial score (nSPS) is 17.6. The minimum atomic E-state index is 0.0992. The number of carbonyl (C=O) groups excluding carboxylic acids is 1. The van der Waals surface area contributed by atoms with Gasteiger partial charge in [-0.05, 0) is 24.1 Å². The molecule has 0 radical (unpaired) electrons. The minimum absolute atomic E-state index is 0.0992. The van der Waals surface area contributed by atoms with E-state index in [1.807, 2.05) is 29.2 Å². The lowest BCUT2D eigenvalue weighted by Crippen LogP contribution is -2.28. The molecule has 23 heavy (non-hydrogen) atoms. The molecule has 1 amide bonds. The topological polar surface area (TPSA) is 46.1 Å². The Balaban J connectivity index is 1.55. The van der Waals surface area contributed by atoms with Crippen molar-refractivity contribution in [1.82, 2.24) is 15.1 Å². The number of likely N-dealkylation sites (tertiary alicyclic amines) is 1. The molecule has 1 saturated heterocycles. The molecule has 0 spiro atoms. The molecule has 0 unspecified atom stereocenters. The molecule has 1 atom stereocenters. The number of rotatable bonds is 2. The maximum atomic E-state index is 12.8. The summed E-state index contributed by atoms with van der Waals surface area (Å²) < 4.78 is 0. The van der Waals surface area contributed by atoms with E-state index in [2.05, 4.69) is 34.5 Å². The second kappa shape index (κ2) is 5.80. The van der Waals surface area contributed by atoms with E-state index in [9.17, 15) is 4.79 Å². The van der Waals surface area contributed by atoms with E-state index >= 15 is 0 Å². The summed E-state index contributed by atoms with van der Waals surface area (Å²) in [5.74, 6) is 0.536. The first-order valence-corrected chi connectivity index (χ1v) is 7.86. The second-order valence-corrected chi connectivity index (χ2v) is 5.98. The van der Waals surface area contributed by atoms with Crippen LogP contribution >= 0.6 is 0 Å². The fraction of sp³-hybridized carbons (Fsp3) is 0.211. The Kier molecular flexibility index (Phi) is 3.50. The fourth-order valence-corrected chi connectivity index (χ4v) is 3.25. The molecule has 4 heteroatoms. The van der Waals surface area contributed by atoms with E-state index in [0.29, 0.717) is 5.92 Å². The van der Waals surface area contributed by atoms with E-state index in [1.165, 1.54) is 5.56 Å². The van der Waals surface area contributed by atoms with Gasteiger partial charge in [-0.3, -0.25) is 4.79 Å². The number of carbonyl (C=O) groups is 1. The van der Waals surface area contributed by atoms with Crippen LogP contribution in [0, 0.1) is 0 Å². The number of hydrogen-bond donors (Lipinski definition) is 0. The number of amides is 1. The summed E-state index contributed by atoms with van der Waals surface area (Å²) in [6.45, 7) is 1.60. The van der Waals surface area contributed by atoms with Gasteiger partial charge in [-0.15, -0.1) is 0 Å². The zero-order chi connectivity index (χ0) is 15.6. The molecular weight excluding hydrogens is 286 g/mol. The number of hydrogen-bond acceptors (Lipinski definition) is 3. The van der Waals surface area contributed by atoms with Gasteiger partial charge in [0.2, 0.25) is 0 Å². The van der Waals surface area contributed by atoms with E-state index in [4.69, 9.17) is 0 Å². The molecule has 4 rings (SSSR count). The van der Waals surface area contributed by atoms with Crippen LogP contribution in [0.15, 0.2) is 60.9 Å². The maximum Gasteiger partial charge on any atom is 0.253 e. The quantitative estimate of drug-likeness (QED) is 0.730. The summed E-state index contributed by atoms with van der Waals surface area (Å²) in [4.78, 5) is 14.7. The predicted octanol–water partition coefficient (Wildman–Crippen LogP) is 3.26. The van der Waals surface area contributed by atoms with Gasteiger partial charge in [-0.25, -0.2) is 0 Å².